The number of hydrogen-bond acceptors (Lipinski definition) is 5. The third-order valence-corrected chi connectivity index (χ3v) is 3.42. The molecule has 0 unspecified atom stereocenters. The van der Waals surface area contributed by atoms with Gasteiger partial charge in [0.2, 0.25) is 0 Å². The summed E-state index contributed by atoms with van der Waals surface area (Å²) in [6.45, 7) is 8.22. The zero-order chi connectivity index (χ0) is 21.5. The SMILES string of the molecule is C[C@@H](N)Cn1ccc2ccc(OC(=O)C(C)(C)C)cc21.O=C(O)C=CC(=O)O. The van der Waals surface area contributed by atoms with E-state index in [0.717, 1.165) is 17.4 Å². The molecule has 1 aromatic heterocycles. The first-order valence-electron chi connectivity index (χ1n) is 8.61. The highest BCUT2D eigenvalue weighted by Gasteiger charge is 2.23. The summed E-state index contributed by atoms with van der Waals surface area (Å²) in [7, 11) is 0. The predicted octanol–water partition coefficient (Wildman–Crippen LogP) is 2.65. The molecule has 0 aliphatic heterocycles. The van der Waals surface area contributed by atoms with E-state index in [1.165, 1.54) is 0 Å². The second kappa shape index (κ2) is 9.70. The van der Waals surface area contributed by atoms with Crippen LogP contribution in [-0.2, 0) is 20.9 Å². The van der Waals surface area contributed by atoms with Crippen LogP contribution in [0, 0.1) is 5.41 Å². The van der Waals surface area contributed by atoms with Crippen LogP contribution in [0.15, 0.2) is 42.6 Å². The number of esters is 1. The molecule has 1 aromatic carbocycles. The Kier molecular flexibility index (Phi) is 7.94. The number of aromatic nitrogens is 1. The lowest BCUT2D eigenvalue weighted by molar-refractivity contribution is -0.143. The number of carboxylic acid groups (broad SMARTS) is 2. The second-order valence-corrected chi connectivity index (χ2v) is 7.32. The minimum Gasteiger partial charge on any atom is -0.478 e. The predicted molar refractivity (Wildman–Crippen MR) is 105 cm³/mol. The van der Waals surface area contributed by atoms with Crippen molar-refractivity contribution in [2.75, 3.05) is 0 Å². The Balaban J connectivity index is 0.000000416. The number of aliphatic carboxylic acids is 2. The number of carboxylic acids is 2. The molecule has 0 aliphatic rings. The van der Waals surface area contributed by atoms with Crippen LogP contribution in [0.3, 0.4) is 0 Å². The van der Waals surface area contributed by atoms with Crippen LogP contribution >= 0.6 is 0 Å². The van der Waals surface area contributed by atoms with Crippen molar-refractivity contribution in [3.05, 3.63) is 42.6 Å². The Labute approximate surface area is 163 Å². The summed E-state index contributed by atoms with van der Waals surface area (Å²) in [4.78, 5) is 31.0. The molecule has 0 saturated heterocycles. The maximum absolute atomic E-state index is 11.9. The summed E-state index contributed by atoms with van der Waals surface area (Å²) in [5.41, 5.74) is 6.36. The van der Waals surface area contributed by atoms with Crippen molar-refractivity contribution < 1.29 is 29.3 Å². The highest BCUT2D eigenvalue weighted by atomic mass is 16.5. The van der Waals surface area contributed by atoms with Crippen LogP contribution < -0.4 is 10.5 Å². The van der Waals surface area contributed by atoms with E-state index in [0.29, 0.717) is 17.9 Å². The Morgan fingerprint density at radius 3 is 2.18 bits per heavy atom. The molecular formula is C20H26N2O6. The lowest BCUT2D eigenvalue weighted by Crippen LogP contribution is -2.25. The Morgan fingerprint density at radius 1 is 1.14 bits per heavy atom. The first-order chi connectivity index (χ1) is 12.9. The highest BCUT2D eigenvalue weighted by molar-refractivity contribution is 5.89. The second-order valence-electron chi connectivity index (χ2n) is 7.32. The molecule has 0 bridgehead atoms. The molecule has 1 heterocycles. The number of carbonyl (C=O) groups is 3. The number of nitrogens with two attached hydrogens (primary N) is 1. The molecule has 4 N–H and O–H groups in total. The van der Waals surface area contributed by atoms with Gasteiger partial charge in [-0.25, -0.2) is 9.59 Å². The highest BCUT2D eigenvalue weighted by Crippen LogP contribution is 2.24. The van der Waals surface area contributed by atoms with Gasteiger partial charge in [-0.3, -0.25) is 4.79 Å². The van der Waals surface area contributed by atoms with E-state index in [-0.39, 0.29) is 12.0 Å². The van der Waals surface area contributed by atoms with E-state index < -0.39 is 17.4 Å². The van der Waals surface area contributed by atoms with Gasteiger partial charge in [-0.05, 0) is 51.3 Å². The number of rotatable bonds is 5. The zero-order valence-electron chi connectivity index (χ0n) is 16.4. The van der Waals surface area contributed by atoms with Gasteiger partial charge in [-0.2, -0.15) is 0 Å². The molecular weight excluding hydrogens is 364 g/mol. The van der Waals surface area contributed by atoms with Crippen LogP contribution in [0.1, 0.15) is 27.7 Å². The van der Waals surface area contributed by atoms with Crippen molar-refractivity contribution in [1.82, 2.24) is 4.57 Å². The lowest BCUT2D eigenvalue weighted by Gasteiger charge is -2.16. The van der Waals surface area contributed by atoms with Crippen LogP contribution in [0.5, 0.6) is 5.75 Å². The van der Waals surface area contributed by atoms with Crippen LogP contribution in [-0.4, -0.2) is 38.7 Å². The number of hydrogen-bond donors (Lipinski definition) is 3. The minimum atomic E-state index is -1.26. The van der Waals surface area contributed by atoms with Crippen molar-refractivity contribution in [1.29, 1.82) is 0 Å². The van der Waals surface area contributed by atoms with Gasteiger partial charge >= 0.3 is 17.9 Å². The summed E-state index contributed by atoms with van der Waals surface area (Å²) < 4.78 is 7.51. The topological polar surface area (TPSA) is 132 Å². The molecule has 0 spiro atoms. The molecule has 0 aliphatic carbocycles. The number of benzene rings is 1. The fourth-order valence-corrected chi connectivity index (χ4v) is 2.10. The van der Waals surface area contributed by atoms with Gasteiger partial charge in [-0.1, -0.05) is 0 Å². The van der Waals surface area contributed by atoms with Crippen molar-refractivity contribution in [3.63, 3.8) is 0 Å². The summed E-state index contributed by atoms with van der Waals surface area (Å²) in [5.74, 6) is -2.18. The van der Waals surface area contributed by atoms with E-state index in [1.54, 1.807) is 0 Å². The molecule has 2 rings (SSSR count). The van der Waals surface area contributed by atoms with Crippen molar-refractivity contribution in [3.8, 4) is 5.75 Å². The largest absolute Gasteiger partial charge is 0.478 e. The molecule has 8 nitrogen and oxygen atoms in total. The third-order valence-electron chi connectivity index (χ3n) is 3.42. The standard InChI is InChI=1S/C16H22N2O2.C4H4O4/c1-11(17)10-18-8-7-12-5-6-13(9-14(12)18)20-15(19)16(2,3)4;5-3(6)1-2-4(7)8/h5-9,11H,10,17H2,1-4H3;1-2H,(H,5,6)(H,7,8)/t11-;/m1./s1. The lowest BCUT2D eigenvalue weighted by atomic mass is 9.97. The van der Waals surface area contributed by atoms with Crippen LogP contribution in [0.4, 0.5) is 0 Å². The first kappa shape index (κ1) is 22.9. The number of nitrogens with zero attached hydrogens (tertiary/aromatic N) is 1. The van der Waals surface area contributed by atoms with Gasteiger partial charge in [0.1, 0.15) is 5.75 Å². The number of fused-ring (bicyclic) bond motifs is 1. The van der Waals surface area contributed by atoms with E-state index in [2.05, 4.69) is 4.57 Å². The van der Waals surface area contributed by atoms with Gasteiger partial charge in [0.25, 0.3) is 0 Å². The zero-order valence-corrected chi connectivity index (χ0v) is 16.4. The van der Waals surface area contributed by atoms with Gasteiger partial charge < -0.3 is 25.3 Å². The van der Waals surface area contributed by atoms with Crippen molar-refractivity contribution >= 4 is 28.8 Å². The minimum absolute atomic E-state index is 0.0754. The summed E-state index contributed by atoms with van der Waals surface area (Å²) in [5, 5.41) is 16.7. The quantitative estimate of drug-likeness (QED) is 0.406. The average Bonchev–Trinajstić information content (AvgIpc) is 2.94. The molecule has 0 fully saturated rings. The number of ether oxygens (including phenoxy) is 1. The van der Waals surface area contributed by atoms with E-state index in [1.807, 2.05) is 58.2 Å². The smallest absolute Gasteiger partial charge is 0.328 e. The Morgan fingerprint density at radius 2 is 1.71 bits per heavy atom. The van der Waals surface area contributed by atoms with Crippen LogP contribution in [0.25, 0.3) is 10.9 Å². The molecule has 2 aromatic rings. The summed E-state index contributed by atoms with van der Waals surface area (Å²) in [6.07, 6.45) is 3.12. The maximum atomic E-state index is 11.9. The van der Waals surface area contributed by atoms with Crippen molar-refractivity contribution in [2.45, 2.75) is 40.3 Å². The number of carbonyl (C=O) groups excluding carboxylic acids is 1. The van der Waals surface area contributed by atoms with Crippen LogP contribution in [0.2, 0.25) is 0 Å². The fraction of sp³-hybridized carbons (Fsp3) is 0.350. The molecule has 0 amide bonds. The fourth-order valence-electron chi connectivity index (χ4n) is 2.10. The maximum Gasteiger partial charge on any atom is 0.328 e. The average molecular weight is 390 g/mol. The van der Waals surface area contributed by atoms with E-state index in [4.69, 9.17) is 20.7 Å². The van der Waals surface area contributed by atoms with E-state index in [9.17, 15) is 14.4 Å². The summed E-state index contributed by atoms with van der Waals surface area (Å²) in [6, 6.07) is 7.78. The first-order valence-corrected chi connectivity index (χ1v) is 8.61. The van der Waals surface area contributed by atoms with E-state index >= 15 is 0 Å². The molecule has 8 heteroatoms. The Hall–Kier alpha value is -3.13. The van der Waals surface area contributed by atoms with Gasteiger partial charge in [-0.15, -0.1) is 0 Å². The molecule has 1 atom stereocenters. The molecule has 152 valence electrons. The third kappa shape index (κ3) is 7.63. The van der Waals surface area contributed by atoms with Gasteiger partial charge in [0, 0.05) is 37.0 Å². The van der Waals surface area contributed by atoms with Gasteiger partial charge in [0.15, 0.2) is 0 Å². The summed E-state index contributed by atoms with van der Waals surface area (Å²) >= 11 is 0. The molecule has 0 saturated carbocycles. The van der Waals surface area contributed by atoms with Gasteiger partial charge in [0.05, 0.1) is 10.9 Å². The van der Waals surface area contributed by atoms with Crippen molar-refractivity contribution in [2.24, 2.45) is 11.1 Å². The molecule has 0 radical (unpaired) electrons. The normalized spacial score (nSPS) is 12.3. The Bertz CT molecular complexity index is 858. The monoisotopic (exact) mass is 390 g/mol. The molecule has 28 heavy (non-hydrogen) atoms.